The lowest BCUT2D eigenvalue weighted by atomic mass is 9.92. The molecule has 1 unspecified atom stereocenters. The second-order valence-electron chi connectivity index (χ2n) is 5.86. The zero-order valence-electron chi connectivity index (χ0n) is 12.9. The summed E-state index contributed by atoms with van der Waals surface area (Å²) >= 11 is 0. The molecular weight excluding hydrogens is 234 g/mol. The molecule has 0 amide bonds. The van der Waals surface area contributed by atoms with Gasteiger partial charge in [0.2, 0.25) is 0 Å². The van der Waals surface area contributed by atoms with E-state index in [1.54, 1.807) is 0 Å². The van der Waals surface area contributed by atoms with Crippen molar-refractivity contribution in [1.29, 1.82) is 0 Å². The van der Waals surface area contributed by atoms with Gasteiger partial charge in [0.1, 0.15) is 0 Å². The second-order valence-corrected chi connectivity index (χ2v) is 5.86. The minimum absolute atomic E-state index is 0.289. The van der Waals surface area contributed by atoms with Crippen LogP contribution in [0.5, 0.6) is 0 Å². The minimum atomic E-state index is -0.289. The average Bonchev–Trinajstić information content (AvgIpc) is 2.37. The number of hydrogen-bond donors (Lipinski definition) is 1. The second kappa shape index (κ2) is 7.63. The molecule has 1 aromatic rings. The van der Waals surface area contributed by atoms with E-state index in [9.17, 15) is 0 Å². The van der Waals surface area contributed by atoms with Gasteiger partial charge in [0, 0.05) is 19.6 Å². The van der Waals surface area contributed by atoms with Gasteiger partial charge in [-0.05, 0) is 39.5 Å². The van der Waals surface area contributed by atoms with Crippen molar-refractivity contribution in [2.24, 2.45) is 5.73 Å². The van der Waals surface area contributed by atoms with Crippen LogP contribution in [0.1, 0.15) is 25.8 Å². The normalized spacial score (nSPS) is 14.9. The first-order chi connectivity index (χ1) is 8.95. The van der Waals surface area contributed by atoms with Gasteiger partial charge in [-0.25, -0.2) is 0 Å². The Bertz CT molecular complexity index is 346. The van der Waals surface area contributed by atoms with Crippen LogP contribution in [0.4, 0.5) is 0 Å². The first-order valence-corrected chi connectivity index (χ1v) is 7.17. The molecule has 0 fully saturated rings. The van der Waals surface area contributed by atoms with Gasteiger partial charge < -0.3 is 10.6 Å². The molecule has 0 bridgehead atoms. The van der Waals surface area contributed by atoms with E-state index in [-0.39, 0.29) is 5.54 Å². The molecule has 19 heavy (non-hydrogen) atoms. The van der Waals surface area contributed by atoms with Crippen molar-refractivity contribution in [3.63, 3.8) is 0 Å². The molecule has 2 N–H and O–H groups in total. The predicted octanol–water partition coefficient (Wildman–Crippen LogP) is 2.13. The van der Waals surface area contributed by atoms with E-state index >= 15 is 0 Å². The van der Waals surface area contributed by atoms with E-state index in [1.165, 1.54) is 5.56 Å². The van der Waals surface area contributed by atoms with Crippen molar-refractivity contribution < 1.29 is 0 Å². The third-order valence-electron chi connectivity index (χ3n) is 3.39. The van der Waals surface area contributed by atoms with Crippen LogP contribution in [0, 0.1) is 0 Å². The zero-order valence-corrected chi connectivity index (χ0v) is 12.9. The van der Waals surface area contributed by atoms with Gasteiger partial charge in [0.15, 0.2) is 0 Å². The van der Waals surface area contributed by atoms with E-state index in [4.69, 9.17) is 5.73 Å². The Morgan fingerprint density at radius 3 is 2.21 bits per heavy atom. The average molecular weight is 263 g/mol. The van der Waals surface area contributed by atoms with Crippen molar-refractivity contribution in [1.82, 2.24) is 9.80 Å². The van der Waals surface area contributed by atoms with E-state index in [2.05, 4.69) is 62.0 Å². The number of hydrogen-bond acceptors (Lipinski definition) is 3. The molecule has 0 saturated carbocycles. The molecule has 0 aliphatic rings. The van der Waals surface area contributed by atoms with Crippen molar-refractivity contribution in [3.8, 4) is 0 Å². The van der Waals surface area contributed by atoms with Crippen LogP contribution in [-0.4, -0.2) is 50.1 Å². The van der Waals surface area contributed by atoms with Crippen molar-refractivity contribution in [3.05, 3.63) is 35.9 Å². The van der Waals surface area contributed by atoms with E-state index in [0.717, 1.165) is 32.6 Å². The lowest BCUT2D eigenvalue weighted by Crippen LogP contribution is -2.47. The van der Waals surface area contributed by atoms with Crippen LogP contribution in [0.25, 0.3) is 0 Å². The molecule has 0 aliphatic heterocycles. The number of likely N-dealkylation sites (N-methyl/N-ethyl adjacent to an activating group) is 1. The topological polar surface area (TPSA) is 32.5 Å². The van der Waals surface area contributed by atoms with Gasteiger partial charge >= 0.3 is 0 Å². The van der Waals surface area contributed by atoms with Crippen molar-refractivity contribution >= 4 is 0 Å². The highest BCUT2D eigenvalue weighted by Crippen LogP contribution is 2.18. The summed E-state index contributed by atoms with van der Waals surface area (Å²) in [6.07, 6.45) is 1.16. The summed E-state index contributed by atoms with van der Waals surface area (Å²) < 4.78 is 0. The van der Waals surface area contributed by atoms with E-state index < -0.39 is 0 Å². The highest BCUT2D eigenvalue weighted by atomic mass is 15.2. The quantitative estimate of drug-likeness (QED) is 0.780. The standard InChI is InChI=1S/C16H29N3/c1-5-11-19(13-12-18(3)4)14-16(2,17)15-9-7-6-8-10-15/h6-10H,5,11-14,17H2,1-4H3. The Morgan fingerprint density at radius 2 is 1.68 bits per heavy atom. The zero-order chi connectivity index (χ0) is 14.3. The van der Waals surface area contributed by atoms with Gasteiger partial charge in [-0.1, -0.05) is 37.3 Å². The summed E-state index contributed by atoms with van der Waals surface area (Å²) in [5, 5.41) is 0. The van der Waals surface area contributed by atoms with Gasteiger partial charge in [0.25, 0.3) is 0 Å². The Morgan fingerprint density at radius 1 is 1.05 bits per heavy atom. The molecule has 0 saturated heterocycles. The van der Waals surface area contributed by atoms with Crippen LogP contribution in [0.2, 0.25) is 0 Å². The lowest BCUT2D eigenvalue weighted by Gasteiger charge is -2.33. The van der Waals surface area contributed by atoms with Crippen LogP contribution in [0.3, 0.4) is 0 Å². The Balaban J connectivity index is 2.66. The number of nitrogens with zero attached hydrogens (tertiary/aromatic N) is 2. The number of nitrogens with two attached hydrogens (primary N) is 1. The maximum Gasteiger partial charge on any atom is 0.0509 e. The fourth-order valence-electron chi connectivity index (χ4n) is 2.30. The van der Waals surface area contributed by atoms with Crippen LogP contribution in [0.15, 0.2) is 30.3 Å². The summed E-state index contributed by atoms with van der Waals surface area (Å²) in [4.78, 5) is 4.69. The Kier molecular flexibility index (Phi) is 6.49. The van der Waals surface area contributed by atoms with Crippen LogP contribution < -0.4 is 5.73 Å². The number of benzene rings is 1. The van der Waals surface area contributed by atoms with Crippen LogP contribution >= 0.6 is 0 Å². The molecule has 1 atom stereocenters. The van der Waals surface area contributed by atoms with Gasteiger partial charge in [-0.15, -0.1) is 0 Å². The molecular formula is C16H29N3. The molecule has 0 radical (unpaired) electrons. The van der Waals surface area contributed by atoms with Gasteiger partial charge in [-0.2, -0.15) is 0 Å². The lowest BCUT2D eigenvalue weighted by molar-refractivity contribution is 0.198. The van der Waals surface area contributed by atoms with Gasteiger partial charge in [0.05, 0.1) is 5.54 Å². The molecule has 1 aromatic carbocycles. The van der Waals surface area contributed by atoms with Crippen molar-refractivity contribution in [2.45, 2.75) is 25.8 Å². The monoisotopic (exact) mass is 263 g/mol. The molecule has 108 valence electrons. The summed E-state index contributed by atoms with van der Waals surface area (Å²) in [5.41, 5.74) is 7.44. The fourth-order valence-corrected chi connectivity index (χ4v) is 2.30. The molecule has 3 nitrogen and oxygen atoms in total. The molecule has 0 heterocycles. The molecule has 0 aromatic heterocycles. The Labute approximate surface area is 118 Å². The smallest absolute Gasteiger partial charge is 0.0509 e. The third-order valence-corrected chi connectivity index (χ3v) is 3.39. The first kappa shape index (κ1) is 16.2. The predicted molar refractivity (Wildman–Crippen MR) is 83.3 cm³/mol. The maximum atomic E-state index is 6.52. The number of rotatable bonds is 8. The van der Waals surface area contributed by atoms with E-state index in [0.29, 0.717) is 0 Å². The minimum Gasteiger partial charge on any atom is -0.321 e. The highest BCUT2D eigenvalue weighted by molar-refractivity contribution is 5.23. The maximum absolute atomic E-state index is 6.52. The Hall–Kier alpha value is -0.900. The summed E-state index contributed by atoms with van der Waals surface area (Å²) in [7, 11) is 4.23. The molecule has 1 rings (SSSR count). The molecule has 0 spiro atoms. The molecule has 0 aliphatic carbocycles. The van der Waals surface area contributed by atoms with Crippen LogP contribution in [-0.2, 0) is 5.54 Å². The van der Waals surface area contributed by atoms with Gasteiger partial charge in [-0.3, -0.25) is 4.90 Å². The fraction of sp³-hybridized carbons (Fsp3) is 0.625. The summed E-state index contributed by atoms with van der Waals surface area (Å²) in [5.74, 6) is 0. The summed E-state index contributed by atoms with van der Waals surface area (Å²) in [6.45, 7) is 8.50. The molecule has 3 heteroatoms. The summed E-state index contributed by atoms with van der Waals surface area (Å²) in [6, 6.07) is 10.4. The van der Waals surface area contributed by atoms with E-state index in [1.807, 2.05) is 6.07 Å². The SMILES string of the molecule is CCCN(CCN(C)C)CC(C)(N)c1ccccc1. The third kappa shape index (κ3) is 5.72. The first-order valence-electron chi connectivity index (χ1n) is 7.17. The highest BCUT2D eigenvalue weighted by Gasteiger charge is 2.23. The largest absolute Gasteiger partial charge is 0.321 e. The van der Waals surface area contributed by atoms with Crippen molar-refractivity contribution in [2.75, 3.05) is 40.3 Å².